The number of hydrogen-bond donors (Lipinski definition) is 0. The molecule has 1 rings (SSSR count). The van der Waals surface area contributed by atoms with Crippen LogP contribution in [0.3, 0.4) is 0 Å². The molecule has 4 heteroatoms. The maximum atomic E-state index is 11.1. The maximum absolute atomic E-state index is 11.1. The zero-order valence-corrected chi connectivity index (χ0v) is 8.22. The summed E-state index contributed by atoms with van der Waals surface area (Å²) in [7, 11) is 0. The predicted molar refractivity (Wildman–Crippen MR) is 47.2 cm³/mol. The minimum atomic E-state index is -0.416. The van der Waals surface area contributed by atoms with Crippen LogP contribution in [0.1, 0.15) is 13.3 Å². The maximum Gasteiger partial charge on any atom is 0.305 e. The van der Waals surface area contributed by atoms with E-state index >= 15 is 0 Å². The summed E-state index contributed by atoms with van der Waals surface area (Å²) in [5.74, 6) is 2.00. The van der Waals surface area contributed by atoms with Crippen LogP contribution >= 0.6 is 15.9 Å². The highest BCUT2D eigenvalue weighted by Gasteiger charge is 2.30. The third kappa shape index (κ3) is 1.86. The lowest BCUT2D eigenvalue weighted by Gasteiger charge is -2.08. The number of imide groups is 1. The van der Waals surface area contributed by atoms with E-state index in [1.165, 1.54) is 4.90 Å². The van der Waals surface area contributed by atoms with E-state index in [1.54, 1.807) is 0 Å². The number of carbonyl (C=O) groups is 2. The molecular formula is C8H8BrNO2. The quantitative estimate of drug-likeness (QED) is 0.575. The number of likely N-dealkylation sites (tertiary alicyclic amines) is 1. The molecule has 1 aliphatic rings. The number of amides is 2. The zero-order chi connectivity index (χ0) is 9.14. The van der Waals surface area contributed by atoms with Crippen molar-refractivity contribution in [2.45, 2.75) is 13.3 Å². The first-order chi connectivity index (χ1) is 5.65. The number of hydrogen-bond acceptors (Lipinski definition) is 2. The number of carbonyl (C=O) groups excluding carboxylic acids is 2. The van der Waals surface area contributed by atoms with Crippen molar-refractivity contribution in [2.75, 3.05) is 6.54 Å². The third-order valence-corrected chi connectivity index (χ3v) is 1.92. The van der Waals surface area contributed by atoms with Crippen LogP contribution in [0.25, 0.3) is 0 Å². The average molecular weight is 230 g/mol. The van der Waals surface area contributed by atoms with Crippen LogP contribution in [0.5, 0.6) is 0 Å². The summed E-state index contributed by atoms with van der Waals surface area (Å²) in [5, 5.41) is 0. The van der Waals surface area contributed by atoms with Crippen LogP contribution in [0.4, 0.5) is 0 Å². The van der Waals surface area contributed by atoms with Gasteiger partial charge in [0.25, 0.3) is 0 Å². The van der Waals surface area contributed by atoms with Crippen LogP contribution in [0.15, 0.2) is 0 Å². The van der Waals surface area contributed by atoms with Gasteiger partial charge in [-0.2, -0.15) is 0 Å². The monoisotopic (exact) mass is 229 g/mol. The second kappa shape index (κ2) is 3.72. The molecular weight excluding hydrogens is 222 g/mol. The van der Waals surface area contributed by atoms with Gasteiger partial charge in [0.05, 0.1) is 0 Å². The Bertz CT molecular complexity index is 277. The normalized spacial score (nSPS) is 22.0. The first kappa shape index (κ1) is 9.27. The largest absolute Gasteiger partial charge is 0.305 e. The molecule has 0 aromatic rings. The van der Waals surface area contributed by atoms with Crippen LogP contribution in [-0.4, -0.2) is 23.3 Å². The fraction of sp³-hybridized carbons (Fsp3) is 0.500. The fourth-order valence-electron chi connectivity index (χ4n) is 1.19. The van der Waals surface area contributed by atoms with E-state index in [9.17, 15) is 9.59 Å². The molecule has 0 saturated carbocycles. The van der Waals surface area contributed by atoms with Gasteiger partial charge in [0.15, 0.2) is 0 Å². The molecule has 0 radical (unpaired) electrons. The molecule has 1 fully saturated rings. The van der Waals surface area contributed by atoms with Crippen molar-refractivity contribution in [3.63, 3.8) is 0 Å². The van der Waals surface area contributed by atoms with Gasteiger partial charge in [0, 0.05) is 34.8 Å². The van der Waals surface area contributed by atoms with Crippen molar-refractivity contribution in [3.8, 4) is 10.8 Å². The van der Waals surface area contributed by atoms with Crippen LogP contribution < -0.4 is 0 Å². The number of halogens is 1. The van der Waals surface area contributed by atoms with E-state index in [2.05, 4.69) is 26.7 Å². The lowest BCUT2D eigenvalue weighted by Crippen LogP contribution is -2.30. The second-order valence-electron chi connectivity index (χ2n) is 2.84. The van der Waals surface area contributed by atoms with Crippen molar-refractivity contribution in [1.82, 2.24) is 4.90 Å². The molecule has 0 aromatic heterocycles. The van der Waals surface area contributed by atoms with E-state index in [-0.39, 0.29) is 11.8 Å². The fourth-order valence-corrected chi connectivity index (χ4v) is 1.36. The first-order valence-corrected chi connectivity index (χ1v) is 4.40. The van der Waals surface area contributed by atoms with E-state index in [0.29, 0.717) is 13.0 Å². The zero-order valence-electron chi connectivity index (χ0n) is 6.63. The molecule has 1 saturated heterocycles. The summed E-state index contributed by atoms with van der Waals surface area (Å²) >= 11 is 2.81. The molecule has 0 aliphatic carbocycles. The Hall–Kier alpha value is -0.820. The van der Waals surface area contributed by atoms with Gasteiger partial charge < -0.3 is 0 Å². The van der Waals surface area contributed by atoms with Crippen molar-refractivity contribution in [1.29, 1.82) is 0 Å². The first-order valence-electron chi connectivity index (χ1n) is 3.61. The molecule has 3 nitrogen and oxygen atoms in total. The number of rotatable bonds is 0. The van der Waals surface area contributed by atoms with Crippen molar-refractivity contribution < 1.29 is 9.59 Å². The molecule has 64 valence electrons. The van der Waals surface area contributed by atoms with Gasteiger partial charge in [0.1, 0.15) is 0 Å². The van der Waals surface area contributed by atoms with Crippen LogP contribution in [0.2, 0.25) is 0 Å². The molecule has 0 bridgehead atoms. The van der Waals surface area contributed by atoms with Crippen LogP contribution in [-0.2, 0) is 9.59 Å². The highest BCUT2D eigenvalue weighted by molar-refractivity contribution is 9.12. The Morgan fingerprint density at radius 2 is 2.42 bits per heavy atom. The summed E-state index contributed by atoms with van der Waals surface area (Å²) in [4.78, 5) is 25.7. The Balaban J connectivity index is 2.68. The van der Waals surface area contributed by atoms with E-state index in [4.69, 9.17) is 0 Å². The van der Waals surface area contributed by atoms with E-state index < -0.39 is 5.91 Å². The van der Waals surface area contributed by atoms with Crippen molar-refractivity contribution in [3.05, 3.63) is 0 Å². The molecule has 1 heterocycles. The molecule has 1 aliphatic heterocycles. The molecule has 0 spiro atoms. The average Bonchev–Trinajstić information content (AvgIpc) is 2.30. The summed E-state index contributed by atoms with van der Waals surface area (Å²) in [6.45, 7) is 2.44. The summed E-state index contributed by atoms with van der Waals surface area (Å²) in [6.07, 6.45) is 0.454. The second-order valence-corrected chi connectivity index (χ2v) is 3.23. The topological polar surface area (TPSA) is 37.4 Å². The van der Waals surface area contributed by atoms with E-state index in [1.807, 2.05) is 6.92 Å². The lowest BCUT2D eigenvalue weighted by molar-refractivity contribution is -0.138. The third-order valence-electron chi connectivity index (χ3n) is 1.72. The Morgan fingerprint density at radius 1 is 1.75 bits per heavy atom. The Morgan fingerprint density at radius 3 is 2.83 bits per heavy atom. The van der Waals surface area contributed by atoms with Crippen molar-refractivity contribution >= 4 is 27.7 Å². The minimum Gasteiger partial charge on any atom is -0.274 e. The molecule has 0 N–H and O–H groups in total. The van der Waals surface area contributed by atoms with Gasteiger partial charge in [-0.15, -0.1) is 0 Å². The van der Waals surface area contributed by atoms with Crippen LogP contribution in [0, 0.1) is 16.7 Å². The smallest absolute Gasteiger partial charge is 0.274 e. The van der Waals surface area contributed by atoms with Gasteiger partial charge in [-0.25, -0.2) is 0 Å². The van der Waals surface area contributed by atoms with Gasteiger partial charge in [-0.1, -0.05) is 6.92 Å². The summed E-state index contributed by atoms with van der Waals surface area (Å²) < 4.78 is 0. The van der Waals surface area contributed by atoms with Gasteiger partial charge in [-0.3, -0.25) is 14.5 Å². The molecule has 1 atom stereocenters. The summed E-state index contributed by atoms with van der Waals surface area (Å²) in [6, 6.07) is 0. The minimum absolute atomic E-state index is 0.122. The van der Waals surface area contributed by atoms with E-state index in [0.717, 1.165) is 0 Å². The molecule has 1 unspecified atom stereocenters. The van der Waals surface area contributed by atoms with Gasteiger partial charge in [-0.05, 0) is 10.7 Å². The highest BCUT2D eigenvalue weighted by Crippen LogP contribution is 2.16. The van der Waals surface area contributed by atoms with Gasteiger partial charge >= 0.3 is 5.91 Å². The standard InChI is InChI=1S/C8H8BrNO2/c1-6-4-8(12)10(5-6)7(11)2-3-9/h6H,4-5H2,1H3. The molecule has 12 heavy (non-hydrogen) atoms. The van der Waals surface area contributed by atoms with Crippen molar-refractivity contribution in [2.24, 2.45) is 5.92 Å². The number of nitrogens with zero attached hydrogens (tertiary/aromatic N) is 1. The predicted octanol–water partition coefficient (Wildman–Crippen LogP) is 0.737. The van der Waals surface area contributed by atoms with Gasteiger partial charge in [0.2, 0.25) is 5.91 Å². The lowest BCUT2D eigenvalue weighted by atomic mass is 10.2. The molecule has 2 amide bonds. The SMILES string of the molecule is CC1CC(=O)N(C(=O)C#CBr)C1. The summed E-state index contributed by atoms with van der Waals surface area (Å²) in [5.41, 5.74) is 0. The Labute approximate surface area is 79.2 Å². The molecule has 0 aromatic carbocycles. The highest BCUT2D eigenvalue weighted by atomic mass is 79.9. The Kier molecular flexibility index (Phi) is 2.88.